The molecule has 4 heteroatoms. The van der Waals surface area contributed by atoms with Crippen molar-refractivity contribution in [3.05, 3.63) is 29.8 Å². The maximum atomic E-state index is 11.6. The molecule has 0 aromatic heterocycles. The minimum absolute atomic E-state index is 0.0987. The molecular formula is C13H22N2O2. The van der Waals surface area contributed by atoms with Crippen LogP contribution in [0.25, 0.3) is 0 Å². The van der Waals surface area contributed by atoms with Gasteiger partial charge >= 0.3 is 0 Å². The molecule has 17 heavy (non-hydrogen) atoms. The first kappa shape index (κ1) is 15.4. The van der Waals surface area contributed by atoms with Gasteiger partial charge < -0.3 is 15.8 Å². The van der Waals surface area contributed by atoms with Crippen molar-refractivity contribution in [2.24, 2.45) is 0 Å². The van der Waals surface area contributed by atoms with Gasteiger partial charge in [-0.15, -0.1) is 0 Å². The van der Waals surface area contributed by atoms with Gasteiger partial charge in [0.2, 0.25) is 0 Å². The van der Waals surface area contributed by atoms with Crippen LogP contribution in [-0.2, 0) is 4.74 Å². The quantitative estimate of drug-likeness (QED) is 0.609. The molecule has 0 atom stereocenters. The van der Waals surface area contributed by atoms with Crippen molar-refractivity contribution in [3.8, 4) is 0 Å². The summed E-state index contributed by atoms with van der Waals surface area (Å²) in [4.78, 5) is 11.6. The number of ether oxygens (including phenoxy) is 1. The second-order valence-electron chi connectivity index (χ2n) is 3.23. The number of benzene rings is 1. The van der Waals surface area contributed by atoms with Gasteiger partial charge in [-0.25, -0.2) is 0 Å². The Balaban J connectivity index is 0.00000121. The van der Waals surface area contributed by atoms with Crippen molar-refractivity contribution in [2.75, 3.05) is 26.0 Å². The molecule has 1 aromatic rings. The summed E-state index contributed by atoms with van der Waals surface area (Å²) >= 11 is 0. The molecule has 0 fully saturated rings. The van der Waals surface area contributed by atoms with Gasteiger partial charge in [0.25, 0.3) is 5.91 Å². The molecule has 0 aliphatic carbocycles. The van der Waals surface area contributed by atoms with Crippen molar-refractivity contribution < 1.29 is 9.53 Å². The van der Waals surface area contributed by atoms with Crippen molar-refractivity contribution >= 4 is 11.6 Å². The molecule has 0 radical (unpaired) electrons. The number of nitrogen functional groups attached to an aromatic ring is 1. The van der Waals surface area contributed by atoms with Crippen LogP contribution in [0.4, 0.5) is 5.69 Å². The third-order valence-corrected chi connectivity index (χ3v) is 1.96. The summed E-state index contributed by atoms with van der Waals surface area (Å²) in [6.07, 6.45) is 0.810. The number of anilines is 1. The SMILES string of the molecule is CC.COCCCNC(=O)c1cccc(N)c1. The Hall–Kier alpha value is -1.55. The highest BCUT2D eigenvalue weighted by Crippen LogP contribution is 2.05. The van der Waals surface area contributed by atoms with Crippen LogP contribution in [0.3, 0.4) is 0 Å². The summed E-state index contributed by atoms with van der Waals surface area (Å²) in [7, 11) is 1.64. The lowest BCUT2D eigenvalue weighted by Crippen LogP contribution is -2.25. The zero-order valence-corrected chi connectivity index (χ0v) is 10.8. The predicted molar refractivity (Wildman–Crippen MR) is 71.0 cm³/mol. The first-order chi connectivity index (χ1) is 8.24. The van der Waals surface area contributed by atoms with Gasteiger partial charge in [0.05, 0.1) is 0 Å². The topological polar surface area (TPSA) is 64.3 Å². The van der Waals surface area contributed by atoms with Crippen molar-refractivity contribution in [2.45, 2.75) is 20.3 Å². The summed E-state index contributed by atoms with van der Waals surface area (Å²) < 4.78 is 4.88. The molecule has 0 aliphatic heterocycles. The summed E-state index contributed by atoms with van der Waals surface area (Å²) in [6, 6.07) is 6.91. The van der Waals surface area contributed by atoms with E-state index in [1.54, 1.807) is 31.4 Å². The summed E-state index contributed by atoms with van der Waals surface area (Å²) in [6.45, 7) is 5.26. The molecule has 0 saturated heterocycles. The standard InChI is InChI=1S/C11H16N2O2.C2H6/c1-15-7-3-6-13-11(14)9-4-2-5-10(12)8-9;1-2/h2,4-5,8H,3,6-7,12H2,1H3,(H,13,14);1-2H3. The Morgan fingerprint density at radius 2 is 2.12 bits per heavy atom. The van der Waals surface area contributed by atoms with Crippen molar-refractivity contribution in [1.29, 1.82) is 0 Å². The average molecular weight is 238 g/mol. The molecule has 96 valence electrons. The third kappa shape index (κ3) is 6.58. The van der Waals surface area contributed by atoms with Gasteiger partial charge in [-0.3, -0.25) is 4.79 Å². The smallest absolute Gasteiger partial charge is 0.251 e. The largest absolute Gasteiger partial charge is 0.399 e. The fourth-order valence-electron chi connectivity index (χ4n) is 1.20. The zero-order valence-electron chi connectivity index (χ0n) is 10.8. The molecule has 1 amide bonds. The van der Waals surface area contributed by atoms with E-state index in [-0.39, 0.29) is 5.91 Å². The van der Waals surface area contributed by atoms with E-state index >= 15 is 0 Å². The number of hydrogen-bond donors (Lipinski definition) is 2. The van der Waals surface area contributed by atoms with Gasteiger partial charge in [-0.05, 0) is 24.6 Å². The Labute approximate surface area is 103 Å². The van der Waals surface area contributed by atoms with E-state index in [0.717, 1.165) is 6.42 Å². The maximum Gasteiger partial charge on any atom is 0.251 e. The number of carbonyl (C=O) groups is 1. The zero-order chi connectivity index (χ0) is 13.1. The lowest BCUT2D eigenvalue weighted by Gasteiger charge is -2.05. The highest BCUT2D eigenvalue weighted by atomic mass is 16.5. The van der Waals surface area contributed by atoms with Gasteiger partial charge in [-0.1, -0.05) is 19.9 Å². The van der Waals surface area contributed by atoms with E-state index < -0.39 is 0 Å². The fraction of sp³-hybridized carbons (Fsp3) is 0.462. The molecule has 0 bridgehead atoms. The molecule has 0 saturated carbocycles. The Morgan fingerprint density at radius 1 is 1.41 bits per heavy atom. The Bertz CT molecular complexity index is 327. The van der Waals surface area contributed by atoms with Crippen LogP contribution in [0.2, 0.25) is 0 Å². The number of rotatable bonds is 5. The monoisotopic (exact) mass is 238 g/mol. The van der Waals surface area contributed by atoms with Crippen LogP contribution >= 0.6 is 0 Å². The first-order valence-corrected chi connectivity index (χ1v) is 5.86. The molecule has 4 nitrogen and oxygen atoms in total. The number of hydrogen-bond acceptors (Lipinski definition) is 3. The highest BCUT2D eigenvalue weighted by molar-refractivity contribution is 5.94. The maximum absolute atomic E-state index is 11.6. The van der Waals surface area contributed by atoms with Gasteiger partial charge in [0.1, 0.15) is 0 Å². The molecule has 0 unspecified atom stereocenters. The normalized spacial score (nSPS) is 9.12. The lowest BCUT2D eigenvalue weighted by atomic mass is 10.2. The summed E-state index contributed by atoms with van der Waals surface area (Å²) in [5, 5.41) is 2.79. The molecule has 3 N–H and O–H groups in total. The molecule has 0 spiro atoms. The summed E-state index contributed by atoms with van der Waals surface area (Å²) in [5.41, 5.74) is 6.76. The fourth-order valence-corrected chi connectivity index (χ4v) is 1.20. The number of nitrogens with two attached hydrogens (primary N) is 1. The van der Waals surface area contributed by atoms with Crippen LogP contribution < -0.4 is 11.1 Å². The van der Waals surface area contributed by atoms with Crippen LogP contribution in [-0.4, -0.2) is 26.2 Å². The molecule has 1 aromatic carbocycles. The number of methoxy groups -OCH3 is 1. The van der Waals surface area contributed by atoms with Crippen LogP contribution in [0.5, 0.6) is 0 Å². The van der Waals surface area contributed by atoms with E-state index in [1.807, 2.05) is 13.8 Å². The van der Waals surface area contributed by atoms with Gasteiger partial charge in [0, 0.05) is 31.5 Å². The third-order valence-electron chi connectivity index (χ3n) is 1.96. The van der Waals surface area contributed by atoms with Crippen LogP contribution in [0, 0.1) is 0 Å². The van der Waals surface area contributed by atoms with Crippen LogP contribution in [0.1, 0.15) is 30.6 Å². The van der Waals surface area contributed by atoms with Crippen LogP contribution in [0.15, 0.2) is 24.3 Å². The van der Waals surface area contributed by atoms with E-state index in [1.165, 1.54) is 0 Å². The van der Waals surface area contributed by atoms with E-state index in [4.69, 9.17) is 10.5 Å². The van der Waals surface area contributed by atoms with E-state index in [9.17, 15) is 4.79 Å². The minimum atomic E-state index is -0.0987. The number of carbonyl (C=O) groups excluding carboxylic acids is 1. The number of amides is 1. The number of nitrogens with one attached hydrogen (secondary N) is 1. The van der Waals surface area contributed by atoms with Crippen molar-refractivity contribution in [1.82, 2.24) is 5.32 Å². The molecule has 0 heterocycles. The van der Waals surface area contributed by atoms with Gasteiger partial charge in [-0.2, -0.15) is 0 Å². The lowest BCUT2D eigenvalue weighted by molar-refractivity contribution is 0.0948. The minimum Gasteiger partial charge on any atom is -0.399 e. The molecule has 0 aliphatic rings. The summed E-state index contributed by atoms with van der Waals surface area (Å²) in [5.74, 6) is -0.0987. The molecular weight excluding hydrogens is 216 g/mol. The molecule has 1 rings (SSSR count). The predicted octanol–water partition coefficient (Wildman–Crippen LogP) is 2.06. The van der Waals surface area contributed by atoms with Crippen molar-refractivity contribution in [3.63, 3.8) is 0 Å². The van der Waals surface area contributed by atoms with E-state index in [0.29, 0.717) is 24.4 Å². The highest BCUT2D eigenvalue weighted by Gasteiger charge is 2.03. The first-order valence-electron chi connectivity index (χ1n) is 5.86. The Morgan fingerprint density at radius 3 is 2.71 bits per heavy atom. The van der Waals surface area contributed by atoms with E-state index in [2.05, 4.69) is 5.32 Å². The van der Waals surface area contributed by atoms with Gasteiger partial charge in [0.15, 0.2) is 0 Å². The Kier molecular flexibility index (Phi) is 8.78. The average Bonchev–Trinajstić information content (AvgIpc) is 2.37. The second kappa shape index (κ2) is 9.66. The second-order valence-corrected chi connectivity index (χ2v) is 3.23.